The number of rotatable bonds is 8. The molecular weight excluding hydrogens is 258 g/mol. The third-order valence-corrected chi connectivity index (χ3v) is 5.40. The van der Waals surface area contributed by atoms with Gasteiger partial charge in [0.05, 0.1) is 6.61 Å². The molecule has 0 aliphatic rings. The number of aliphatic hydroxyl groups is 1. The molecule has 1 aromatic heterocycles. The number of hydrogen-bond donors (Lipinski definition) is 2. The fraction of sp³-hybridized carbons (Fsp3) is 0.636. The molecule has 1 rings (SSSR count). The minimum absolute atomic E-state index is 0.114. The van der Waals surface area contributed by atoms with Crippen molar-refractivity contribution in [1.29, 1.82) is 0 Å². The van der Waals surface area contributed by atoms with E-state index in [2.05, 4.69) is 11.6 Å². The maximum Gasteiger partial charge on any atom is 0.250 e. The van der Waals surface area contributed by atoms with Crippen molar-refractivity contribution in [2.75, 3.05) is 6.54 Å². The van der Waals surface area contributed by atoms with E-state index in [9.17, 15) is 8.42 Å². The molecule has 17 heavy (non-hydrogen) atoms. The van der Waals surface area contributed by atoms with E-state index in [4.69, 9.17) is 5.11 Å². The Morgan fingerprint density at radius 1 is 1.29 bits per heavy atom. The van der Waals surface area contributed by atoms with E-state index in [0.717, 1.165) is 37.0 Å². The molecule has 1 aromatic rings. The van der Waals surface area contributed by atoms with Gasteiger partial charge in [0.2, 0.25) is 10.0 Å². The van der Waals surface area contributed by atoms with E-state index in [1.807, 2.05) is 0 Å². The fourth-order valence-electron chi connectivity index (χ4n) is 1.42. The lowest BCUT2D eigenvalue weighted by Crippen LogP contribution is -2.23. The maximum absolute atomic E-state index is 11.8. The van der Waals surface area contributed by atoms with Gasteiger partial charge in [-0.1, -0.05) is 26.2 Å². The van der Waals surface area contributed by atoms with Crippen molar-refractivity contribution in [3.8, 4) is 0 Å². The Morgan fingerprint density at radius 3 is 2.65 bits per heavy atom. The monoisotopic (exact) mass is 277 g/mol. The van der Waals surface area contributed by atoms with E-state index >= 15 is 0 Å². The smallest absolute Gasteiger partial charge is 0.250 e. The van der Waals surface area contributed by atoms with Crippen LogP contribution in [0.4, 0.5) is 0 Å². The Balaban J connectivity index is 2.45. The van der Waals surface area contributed by atoms with E-state index < -0.39 is 10.0 Å². The van der Waals surface area contributed by atoms with Crippen LogP contribution in [0.5, 0.6) is 0 Å². The third-order valence-electron chi connectivity index (χ3n) is 2.38. The van der Waals surface area contributed by atoms with Gasteiger partial charge in [0, 0.05) is 11.4 Å². The Morgan fingerprint density at radius 2 is 2.06 bits per heavy atom. The van der Waals surface area contributed by atoms with Crippen molar-refractivity contribution in [1.82, 2.24) is 4.72 Å². The lowest BCUT2D eigenvalue weighted by atomic mass is 10.2. The van der Waals surface area contributed by atoms with Crippen LogP contribution in [0.3, 0.4) is 0 Å². The third kappa shape index (κ3) is 4.75. The highest BCUT2D eigenvalue weighted by atomic mass is 32.2. The molecule has 0 unspecified atom stereocenters. The topological polar surface area (TPSA) is 66.4 Å². The van der Waals surface area contributed by atoms with Crippen LogP contribution in [0.25, 0.3) is 0 Å². The van der Waals surface area contributed by atoms with Crippen molar-refractivity contribution < 1.29 is 13.5 Å². The number of thiophene rings is 1. The van der Waals surface area contributed by atoms with Crippen LogP contribution in [0.2, 0.25) is 0 Å². The zero-order valence-electron chi connectivity index (χ0n) is 9.98. The molecule has 0 saturated carbocycles. The average molecular weight is 277 g/mol. The zero-order valence-corrected chi connectivity index (χ0v) is 11.6. The highest BCUT2D eigenvalue weighted by Gasteiger charge is 2.15. The van der Waals surface area contributed by atoms with E-state index in [0.29, 0.717) is 11.4 Å². The summed E-state index contributed by atoms with van der Waals surface area (Å²) in [5, 5.41) is 8.89. The molecule has 0 aliphatic carbocycles. The quantitative estimate of drug-likeness (QED) is 0.715. The van der Waals surface area contributed by atoms with Crippen molar-refractivity contribution in [3.63, 3.8) is 0 Å². The van der Waals surface area contributed by atoms with Gasteiger partial charge < -0.3 is 5.11 Å². The molecule has 0 saturated heterocycles. The number of sulfonamides is 1. The maximum atomic E-state index is 11.8. The van der Waals surface area contributed by atoms with Gasteiger partial charge >= 0.3 is 0 Å². The molecule has 0 spiro atoms. The van der Waals surface area contributed by atoms with Crippen LogP contribution in [-0.2, 0) is 16.6 Å². The van der Waals surface area contributed by atoms with Crippen molar-refractivity contribution in [3.05, 3.63) is 17.0 Å². The van der Waals surface area contributed by atoms with E-state index in [-0.39, 0.29) is 10.8 Å². The summed E-state index contributed by atoms with van der Waals surface area (Å²) in [6.07, 6.45) is 4.18. The Kier molecular flexibility index (Phi) is 6.11. The molecule has 98 valence electrons. The van der Waals surface area contributed by atoms with Gasteiger partial charge in [-0.15, -0.1) is 11.3 Å². The molecule has 0 radical (unpaired) electrons. The second kappa shape index (κ2) is 7.10. The van der Waals surface area contributed by atoms with Gasteiger partial charge in [-0.2, -0.15) is 0 Å². The summed E-state index contributed by atoms with van der Waals surface area (Å²) in [5.41, 5.74) is 0. The SMILES string of the molecule is CCCCCCNS(=O)(=O)c1ccc(CO)s1. The first-order valence-electron chi connectivity index (χ1n) is 5.79. The lowest BCUT2D eigenvalue weighted by Gasteiger charge is -2.04. The minimum atomic E-state index is -3.38. The van der Waals surface area contributed by atoms with Crippen LogP contribution in [0, 0.1) is 0 Å². The van der Waals surface area contributed by atoms with Gasteiger partial charge in [0.1, 0.15) is 4.21 Å². The van der Waals surface area contributed by atoms with Crippen LogP contribution in [0.15, 0.2) is 16.3 Å². The Labute approximate surface area is 107 Å². The Hall–Kier alpha value is -0.430. The van der Waals surface area contributed by atoms with E-state index in [1.54, 1.807) is 6.07 Å². The first-order valence-corrected chi connectivity index (χ1v) is 8.09. The fourth-order valence-corrected chi connectivity index (χ4v) is 3.75. The number of unbranched alkanes of at least 4 members (excludes halogenated alkanes) is 3. The molecular formula is C11H19NO3S2. The number of nitrogens with one attached hydrogen (secondary N) is 1. The highest BCUT2D eigenvalue weighted by molar-refractivity contribution is 7.91. The summed E-state index contributed by atoms with van der Waals surface area (Å²) < 4.78 is 26.5. The predicted octanol–water partition coefficient (Wildman–Crippen LogP) is 2.10. The normalized spacial score (nSPS) is 11.9. The zero-order chi connectivity index (χ0) is 12.7. The van der Waals surface area contributed by atoms with Gasteiger partial charge in [0.25, 0.3) is 0 Å². The highest BCUT2D eigenvalue weighted by Crippen LogP contribution is 2.21. The molecule has 1 heterocycles. The molecule has 0 aliphatic heterocycles. The predicted molar refractivity (Wildman–Crippen MR) is 69.6 cm³/mol. The largest absolute Gasteiger partial charge is 0.391 e. The molecule has 0 fully saturated rings. The first-order chi connectivity index (χ1) is 8.10. The van der Waals surface area contributed by atoms with Gasteiger partial charge in [0.15, 0.2) is 0 Å². The van der Waals surface area contributed by atoms with Crippen molar-refractivity contribution in [2.45, 2.75) is 43.4 Å². The van der Waals surface area contributed by atoms with Crippen LogP contribution < -0.4 is 4.72 Å². The van der Waals surface area contributed by atoms with Gasteiger partial charge in [-0.3, -0.25) is 0 Å². The summed E-state index contributed by atoms with van der Waals surface area (Å²) in [6.45, 7) is 2.48. The van der Waals surface area contributed by atoms with Crippen LogP contribution in [-0.4, -0.2) is 20.1 Å². The molecule has 0 aromatic carbocycles. The van der Waals surface area contributed by atoms with Crippen LogP contribution in [0.1, 0.15) is 37.5 Å². The molecule has 4 nitrogen and oxygen atoms in total. The Bertz CT molecular complexity index is 426. The summed E-state index contributed by atoms with van der Waals surface area (Å²) in [6, 6.07) is 3.17. The average Bonchev–Trinajstić information content (AvgIpc) is 2.78. The minimum Gasteiger partial charge on any atom is -0.391 e. The van der Waals surface area contributed by atoms with Crippen molar-refractivity contribution in [2.24, 2.45) is 0 Å². The second-order valence-electron chi connectivity index (χ2n) is 3.84. The van der Waals surface area contributed by atoms with Gasteiger partial charge in [-0.05, 0) is 18.6 Å². The molecule has 0 atom stereocenters. The molecule has 2 N–H and O–H groups in total. The molecule has 6 heteroatoms. The molecule has 0 amide bonds. The van der Waals surface area contributed by atoms with Crippen LogP contribution >= 0.6 is 11.3 Å². The second-order valence-corrected chi connectivity index (χ2v) is 7.00. The number of hydrogen-bond acceptors (Lipinski definition) is 4. The standard InChI is InChI=1S/C11H19NO3S2/c1-2-3-4-5-8-12-17(14,15)11-7-6-10(9-13)16-11/h6-7,12-13H,2-5,8-9H2,1H3. The summed E-state index contributed by atoms with van der Waals surface area (Å²) >= 11 is 1.11. The van der Waals surface area contributed by atoms with Gasteiger partial charge in [-0.25, -0.2) is 13.1 Å². The first kappa shape index (κ1) is 14.6. The summed E-state index contributed by atoms with van der Waals surface area (Å²) in [5.74, 6) is 0. The summed E-state index contributed by atoms with van der Waals surface area (Å²) in [4.78, 5) is 0.663. The van der Waals surface area contributed by atoms with Crippen molar-refractivity contribution >= 4 is 21.4 Å². The van der Waals surface area contributed by atoms with E-state index in [1.165, 1.54) is 6.07 Å². The lowest BCUT2D eigenvalue weighted by molar-refractivity contribution is 0.285. The molecule has 0 bridgehead atoms. The summed E-state index contributed by atoms with van der Waals surface area (Å²) in [7, 11) is -3.38. The number of aliphatic hydroxyl groups excluding tert-OH is 1.